The van der Waals surface area contributed by atoms with Crippen LogP contribution < -0.4 is 4.74 Å². The predicted octanol–water partition coefficient (Wildman–Crippen LogP) is 10.5. The fourth-order valence-electron chi connectivity index (χ4n) is 5.00. The van der Waals surface area contributed by atoms with Crippen LogP contribution in [0.1, 0.15) is 64.1 Å². The molecule has 0 fully saturated rings. The number of ether oxygens (including phenoxy) is 1. The molecule has 0 saturated carbocycles. The first-order chi connectivity index (χ1) is 25.1. The van der Waals surface area contributed by atoms with Gasteiger partial charge >= 0.3 is 0 Å². The summed E-state index contributed by atoms with van der Waals surface area (Å²) < 4.78 is 32.4. The zero-order valence-electron chi connectivity index (χ0n) is 31.7. The van der Waals surface area contributed by atoms with Gasteiger partial charge in [0.2, 0.25) is 0 Å². The van der Waals surface area contributed by atoms with Gasteiger partial charge in [0.05, 0.1) is 29.0 Å². The standard InChI is InChI=1S/C22H23NO.C13H13NO3S.C10H14O/c1-22(2,3)18-12-14-20(15-13-18)24-16-19-10-7-11-21(23-19)17-8-5-4-6-9-17;1-18(15,16)17-10-12-8-5-9-13(14-12)11-6-3-2-4-7-11;1-10(2,3)8-4-6-9(11)7-5-8/h4-15H,16H2,1-3H3;2-9H,10H2,1H3;4-7,11H,1-3H3. The third-order valence-corrected chi connectivity index (χ3v) is 8.56. The van der Waals surface area contributed by atoms with Gasteiger partial charge < -0.3 is 9.84 Å². The molecule has 7 nitrogen and oxygen atoms in total. The van der Waals surface area contributed by atoms with Crippen molar-refractivity contribution in [1.82, 2.24) is 9.97 Å². The van der Waals surface area contributed by atoms with Crippen LogP contribution in [0.25, 0.3) is 22.5 Å². The molecule has 6 rings (SSSR count). The van der Waals surface area contributed by atoms with Crippen molar-refractivity contribution < 1.29 is 22.4 Å². The smallest absolute Gasteiger partial charge is 0.264 e. The quantitative estimate of drug-likeness (QED) is 0.156. The van der Waals surface area contributed by atoms with Gasteiger partial charge in [0.15, 0.2) is 0 Å². The molecule has 2 heterocycles. The summed E-state index contributed by atoms with van der Waals surface area (Å²) in [6.07, 6.45) is 1.02. The number of phenols is 1. The molecule has 0 radical (unpaired) electrons. The molecule has 0 aliphatic carbocycles. The fraction of sp³-hybridized carbons (Fsp3) is 0.244. The van der Waals surface area contributed by atoms with E-state index >= 15 is 0 Å². The van der Waals surface area contributed by atoms with Crippen LogP contribution in [0, 0.1) is 0 Å². The minimum absolute atomic E-state index is 0.0422. The number of hydrogen-bond acceptors (Lipinski definition) is 7. The molecular formula is C45H50N2O5S. The van der Waals surface area contributed by atoms with E-state index in [1.807, 2.05) is 103 Å². The Morgan fingerprint density at radius 2 is 0.943 bits per heavy atom. The molecule has 0 aliphatic rings. The summed E-state index contributed by atoms with van der Waals surface area (Å²) >= 11 is 0. The van der Waals surface area contributed by atoms with E-state index in [2.05, 4.69) is 75.8 Å². The lowest BCUT2D eigenvalue weighted by atomic mass is 9.87. The van der Waals surface area contributed by atoms with Crippen LogP contribution >= 0.6 is 0 Å². The van der Waals surface area contributed by atoms with Crippen LogP contribution in [0.4, 0.5) is 0 Å². The van der Waals surface area contributed by atoms with Gasteiger partial charge in [0.25, 0.3) is 10.1 Å². The molecule has 2 aromatic heterocycles. The molecule has 276 valence electrons. The number of benzene rings is 4. The minimum Gasteiger partial charge on any atom is -0.508 e. The van der Waals surface area contributed by atoms with Crippen molar-refractivity contribution in [2.45, 2.75) is 65.6 Å². The van der Waals surface area contributed by atoms with Crippen LogP contribution in [0.3, 0.4) is 0 Å². The van der Waals surface area contributed by atoms with Crippen molar-refractivity contribution in [2.75, 3.05) is 6.26 Å². The molecule has 0 atom stereocenters. The second-order valence-corrected chi connectivity index (χ2v) is 16.2. The highest BCUT2D eigenvalue weighted by Crippen LogP contribution is 2.26. The SMILES string of the molecule is CC(C)(C)c1ccc(O)cc1.CC(C)(C)c1ccc(OCc2cccc(-c3ccccc3)n2)cc1.CS(=O)(=O)OCc1cccc(-c2ccccc2)n1. The summed E-state index contributed by atoms with van der Waals surface area (Å²) in [5.74, 6) is 1.20. The summed E-state index contributed by atoms with van der Waals surface area (Å²) in [7, 11) is -3.44. The Bertz CT molecular complexity index is 2110. The van der Waals surface area contributed by atoms with E-state index in [0.717, 1.165) is 40.2 Å². The van der Waals surface area contributed by atoms with Gasteiger partial charge in [-0.1, -0.05) is 139 Å². The minimum atomic E-state index is -3.44. The van der Waals surface area contributed by atoms with E-state index in [9.17, 15) is 8.42 Å². The second-order valence-electron chi connectivity index (χ2n) is 14.6. The van der Waals surface area contributed by atoms with E-state index in [0.29, 0.717) is 18.1 Å². The first-order valence-corrected chi connectivity index (χ1v) is 19.3. The molecular weight excluding hydrogens is 681 g/mol. The highest BCUT2D eigenvalue weighted by atomic mass is 32.2. The zero-order chi connectivity index (χ0) is 38.5. The Kier molecular flexibility index (Phi) is 14.1. The Labute approximate surface area is 315 Å². The third kappa shape index (κ3) is 14.0. The zero-order valence-corrected chi connectivity index (χ0v) is 32.5. The lowest BCUT2D eigenvalue weighted by Crippen LogP contribution is -2.10. The number of hydrogen-bond donors (Lipinski definition) is 1. The van der Waals surface area contributed by atoms with E-state index in [1.165, 1.54) is 11.1 Å². The topological polar surface area (TPSA) is 98.6 Å². The molecule has 6 aromatic rings. The second kappa shape index (κ2) is 18.4. The maximum absolute atomic E-state index is 10.9. The molecule has 4 aromatic carbocycles. The molecule has 0 unspecified atom stereocenters. The van der Waals surface area contributed by atoms with Crippen molar-refractivity contribution in [3.8, 4) is 34.0 Å². The predicted molar refractivity (Wildman–Crippen MR) is 215 cm³/mol. The van der Waals surface area contributed by atoms with Gasteiger partial charge in [-0.25, -0.2) is 4.98 Å². The van der Waals surface area contributed by atoms with Crippen LogP contribution in [0.5, 0.6) is 11.5 Å². The molecule has 0 bridgehead atoms. The van der Waals surface area contributed by atoms with Crippen LogP contribution in [-0.4, -0.2) is 29.7 Å². The normalized spacial score (nSPS) is 11.4. The summed E-state index contributed by atoms with van der Waals surface area (Å²) in [5, 5.41) is 9.02. The van der Waals surface area contributed by atoms with E-state index < -0.39 is 10.1 Å². The monoisotopic (exact) mass is 730 g/mol. The van der Waals surface area contributed by atoms with E-state index in [4.69, 9.17) is 14.0 Å². The van der Waals surface area contributed by atoms with Crippen LogP contribution in [0.15, 0.2) is 146 Å². The van der Waals surface area contributed by atoms with Gasteiger partial charge in [-0.15, -0.1) is 0 Å². The van der Waals surface area contributed by atoms with Gasteiger partial charge in [0.1, 0.15) is 24.7 Å². The Morgan fingerprint density at radius 3 is 1.36 bits per heavy atom. The highest BCUT2D eigenvalue weighted by molar-refractivity contribution is 7.85. The first kappa shape index (κ1) is 40.5. The summed E-state index contributed by atoms with van der Waals surface area (Å²) in [6, 6.07) is 47.0. The number of aromatic hydroxyl groups is 1. The van der Waals surface area contributed by atoms with Crippen LogP contribution in [0.2, 0.25) is 0 Å². The maximum atomic E-state index is 10.9. The number of rotatable bonds is 8. The molecule has 0 amide bonds. The highest BCUT2D eigenvalue weighted by Gasteiger charge is 2.14. The molecule has 1 N–H and O–H groups in total. The van der Waals surface area contributed by atoms with E-state index in [1.54, 1.807) is 18.2 Å². The molecule has 53 heavy (non-hydrogen) atoms. The van der Waals surface area contributed by atoms with Crippen molar-refractivity contribution in [3.63, 3.8) is 0 Å². The van der Waals surface area contributed by atoms with Gasteiger partial charge in [-0.05, 0) is 70.5 Å². The van der Waals surface area contributed by atoms with Gasteiger partial charge in [0, 0.05) is 11.1 Å². The summed E-state index contributed by atoms with van der Waals surface area (Å²) in [6.45, 7) is 13.5. The largest absolute Gasteiger partial charge is 0.508 e. The fourth-order valence-corrected chi connectivity index (χ4v) is 5.33. The third-order valence-electron chi connectivity index (χ3n) is 8.01. The van der Waals surface area contributed by atoms with Gasteiger partial charge in [-0.2, -0.15) is 8.42 Å². The molecule has 0 saturated heterocycles. The lowest BCUT2D eigenvalue weighted by molar-refractivity contribution is 0.301. The van der Waals surface area contributed by atoms with Crippen molar-refractivity contribution in [2.24, 2.45) is 0 Å². The number of pyridine rings is 2. The Morgan fingerprint density at radius 1 is 0.528 bits per heavy atom. The maximum Gasteiger partial charge on any atom is 0.264 e. The number of phenolic OH excluding ortho intramolecular Hbond substituents is 1. The van der Waals surface area contributed by atoms with Crippen molar-refractivity contribution >= 4 is 10.1 Å². The average Bonchev–Trinajstić information content (AvgIpc) is 3.14. The van der Waals surface area contributed by atoms with Gasteiger partial charge in [-0.3, -0.25) is 9.17 Å². The summed E-state index contributed by atoms with van der Waals surface area (Å²) in [5.41, 5.74) is 8.27. The Hall–Kier alpha value is -5.31. The molecule has 0 spiro atoms. The molecule has 0 aliphatic heterocycles. The summed E-state index contributed by atoms with van der Waals surface area (Å²) in [4.78, 5) is 9.05. The molecule has 8 heteroatoms. The van der Waals surface area contributed by atoms with Crippen molar-refractivity contribution in [3.05, 3.63) is 168 Å². The lowest BCUT2D eigenvalue weighted by Gasteiger charge is -2.19. The Balaban J connectivity index is 0.000000191. The van der Waals surface area contributed by atoms with Crippen LogP contribution in [-0.2, 0) is 38.3 Å². The first-order valence-electron chi connectivity index (χ1n) is 17.5. The van der Waals surface area contributed by atoms with Crippen molar-refractivity contribution in [1.29, 1.82) is 0 Å². The average molecular weight is 731 g/mol. The number of aromatic nitrogens is 2. The van der Waals surface area contributed by atoms with E-state index in [-0.39, 0.29) is 17.4 Å². The number of nitrogens with zero attached hydrogens (tertiary/aromatic N) is 2.